The Kier molecular flexibility index (Phi) is 5.99. The van der Waals surface area contributed by atoms with Gasteiger partial charge in [-0.25, -0.2) is 4.98 Å². The zero-order valence-electron chi connectivity index (χ0n) is 15.0. The first-order valence-electron chi connectivity index (χ1n) is 8.96. The predicted molar refractivity (Wildman–Crippen MR) is 115 cm³/mol. The number of benzene rings is 2. The molecule has 0 unspecified atom stereocenters. The van der Waals surface area contributed by atoms with Crippen molar-refractivity contribution in [2.75, 3.05) is 0 Å². The van der Waals surface area contributed by atoms with E-state index in [0.717, 1.165) is 33.8 Å². The van der Waals surface area contributed by atoms with E-state index in [1.807, 2.05) is 46.7 Å². The van der Waals surface area contributed by atoms with Crippen LogP contribution < -0.4 is 4.74 Å². The SMILES string of the molecule is O=C(c1cccc(Br)c1)N(Cc1csc(COc2ccc(Cl)cc2)n1)C1CC1. The second kappa shape index (κ2) is 8.64. The molecule has 0 atom stereocenters. The lowest BCUT2D eigenvalue weighted by atomic mass is 10.2. The first kappa shape index (κ1) is 19.4. The summed E-state index contributed by atoms with van der Waals surface area (Å²) >= 11 is 10.9. The molecule has 0 bridgehead atoms. The molecule has 0 aliphatic heterocycles. The predicted octanol–water partition coefficient (Wildman–Crippen LogP) is 5.94. The number of carbonyl (C=O) groups excluding carboxylic acids is 1. The molecule has 0 N–H and O–H groups in total. The Balaban J connectivity index is 1.41. The highest BCUT2D eigenvalue weighted by atomic mass is 79.9. The lowest BCUT2D eigenvalue weighted by molar-refractivity contribution is 0.0728. The van der Waals surface area contributed by atoms with Crippen LogP contribution in [0.4, 0.5) is 0 Å². The van der Waals surface area contributed by atoms with Crippen molar-refractivity contribution in [3.05, 3.63) is 79.7 Å². The Hall–Kier alpha value is -1.89. The molecule has 1 heterocycles. The highest BCUT2D eigenvalue weighted by molar-refractivity contribution is 9.10. The fourth-order valence-corrected chi connectivity index (χ4v) is 4.10. The third-order valence-corrected chi connectivity index (χ3v) is 6.04. The maximum absolute atomic E-state index is 13.0. The van der Waals surface area contributed by atoms with Crippen molar-refractivity contribution in [3.63, 3.8) is 0 Å². The van der Waals surface area contributed by atoms with E-state index in [9.17, 15) is 4.79 Å². The van der Waals surface area contributed by atoms with E-state index in [1.165, 1.54) is 0 Å². The van der Waals surface area contributed by atoms with Crippen molar-refractivity contribution in [2.24, 2.45) is 0 Å². The summed E-state index contributed by atoms with van der Waals surface area (Å²) in [6.07, 6.45) is 2.10. The summed E-state index contributed by atoms with van der Waals surface area (Å²) in [5.41, 5.74) is 1.60. The molecule has 7 heteroatoms. The Labute approximate surface area is 181 Å². The number of thiazole rings is 1. The van der Waals surface area contributed by atoms with Gasteiger partial charge in [0.2, 0.25) is 0 Å². The van der Waals surface area contributed by atoms with Gasteiger partial charge in [-0.05, 0) is 55.3 Å². The van der Waals surface area contributed by atoms with Crippen molar-refractivity contribution in [3.8, 4) is 5.75 Å². The van der Waals surface area contributed by atoms with Crippen molar-refractivity contribution >= 4 is 44.8 Å². The Bertz CT molecular complexity index is 973. The van der Waals surface area contributed by atoms with Crippen LogP contribution in [-0.4, -0.2) is 21.8 Å². The molecule has 1 fully saturated rings. The van der Waals surface area contributed by atoms with Crippen LogP contribution in [0.2, 0.25) is 5.02 Å². The highest BCUT2D eigenvalue weighted by Gasteiger charge is 2.33. The fourth-order valence-electron chi connectivity index (χ4n) is 2.88. The topological polar surface area (TPSA) is 42.4 Å². The minimum Gasteiger partial charge on any atom is -0.486 e. The fraction of sp³-hybridized carbons (Fsp3) is 0.238. The number of carbonyl (C=O) groups is 1. The number of amides is 1. The van der Waals surface area contributed by atoms with E-state index in [1.54, 1.807) is 23.5 Å². The second-order valence-corrected chi connectivity index (χ2v) is 8.94. The zero-order chi connectivity index (χ0) is 19.5. The van der Waals surface area contributed by atoms with Gasteiger partial charge >= 0.3 is 0 Å². The standard InChI is InChI=1S/C21H18BrClN2O2S/c22-15-3-1-2-14(10-15)21(26)25(18-6-7-18)11-17-13-28-20(24-17)12-27-19-8-4-16(23)5-9-19/h1-5,8-10,13,18H,6-7,11-12H2. The molecule has 1 aliphatic rings. The van der Waals surface area contributed by atoms with Gasteiger partial charge in [0, 0.05) is 26.5 Å². The maximum Gasteiger partial charge on any atom is 0.254 e. The summed E-state index contributed by atoms with van der Waals surface area (Å²) in [7, 11) is 0. The van der Waals surface area contributed by atoms with Crippen molar-refractivity contribution in [1.82, 2.24) is 9.88 Å². The van der Waals surface area contributed by atoms with Crippen molar-refractivity contribution < 1.29 is 9.53 Å². The molecule has 2 aromatic carbocycles. The molecular formula is C21H18BrClN2O2S. The average molecular weight is 478 g/mol. The van der Waals surface area contributed by atoms with Crippen LogP contribution >= 0.6 is 38.9 Å². The molecule has 1 saturated carbocycles. The van der Waals surface area contributed by atoms with Crippen LogP contribution in [0.15, 0.2) is 58.4 Å². The summed E-state index contributed by atoms with van der Waals surface area (Å²) in [6.45, 7) is 0.919. The summed E-state index contributed by atoms with van der Waals surface area (Å²) in [5.74, 6) is 0.807. The summed E-state index contributed by atoms with van der Waals surface area (Å²) in [4.78, 5) is 19.6. The monoisotopic (exact) mass is 476 g/mol. The number of aromatic nitrogens is 1. The van der Waals surface area contributed by atoms with E-state index in [-0.39, 0.29) is 5.91 Å². The van der Waals surface area contributed by atoms with Crippen LogP contribution in [0.1, 0.15) is 33.9 Å². The molecule has 0 spiro atoms. The van der Waals surface area contributed by atoms with Gasteiger partial charge in [0.25, 0.3) is 5.91 Å². The van der Waals surface area contributed by atoms with Gasteiger partial charge in [0.05, 0.1) is 12.2 Å². The lowest BCUT2D eigenvalue weighted by Gasteiger charge is -2.21. The number of hydrogen-bond donors (Lipinski definition) is 0. The van der Waals surface area contributed by atoms with Gasteiger partial charge in [-0.2, -0.15) is 0 Å². The molecule has 3 aromatic rings. The molecule has 1 aliphatic carbocycles. The Morgan fingerprint density at radius 3 is 2.75 bits per heavy atom. The van der Waals surface area contributed by atoms with Gasteiger partial charge in [-0.15, -0.1) is 11.3 Å². The first-order chi connectivity index (χ1) is 13.6. The number of halogens is 2. The van der Waals surface area contributed by atoms with E-state index in [4.69, 9.17) is 16.3 Å². The molecule has 144 valence electrons. The van der Waals surface area contributed by atoms with E-state index in [0.29, 0.717) is 29.8 Å². The number of hydrogen-bond acceptors (Lipinski definition) is 4. The van der Waals surface area contributed by atoms with Crippen LogP contribution in [0.3, 0.4) is 0 Å². The maximum atomic E-state index is 13.0. The average Bonchev–Trinajstić information content (AvgIpc) is 3.44. The van der Waals surface area contributed by atoms with Crippen LogP contribution in [0.25, 0.3) is 0 Å². The Morgan fingerprint density at radius 2 is 2.04 bits per heavy atom. The third-order valence-electron chi connectivity index (χ3n) is 4.43. The molecule has 0 saturated heterocycles. The summed E-state index contributed by atoms with van der Waals surface area (Å²) in [6, 6.07) is 15.1. The van der Waals surface area contributed by atoms with Crippen molar-refractivity contribution in [1.29, 1.82) is 0 Å². The van der Waals surface area contributed by atoms with Crippen LogP contribution in [0.5, 0.6) is 5.75 Å². The molecule has 1 amide bonds. The molecule has 28 heavy (non-hydrogen) atoms. The number of ether oxygens (including phenoxy) is 1. The minimum absolute atomic E-state index is 0.0516. The molecule has 0 radical (unpaired) electrons. The number of rotatable bonds is 7. The summed E-state index contributed by atoms with van der Waals surface area (Å²) < 4.78 is 6.67. The smallest absolute Gasteiger partial charge is 0.254 e. The largest absolute Gasteiger partial charge is 0.486 e. The first-order valence-corrected chi connectivity index (χ1v) is 11.0. The van der Waals surface area contributed by atoms with Gasteiger partial charge in [-0.3, -0.25) is 4.79 Å². The highest BCUT2D eigenvalue weighted by Crippen LogP contribution is 2.30. The number of nitrogens with zero attached hydrogens (tertiary/aromatic N) is 2. The quantitative estimate of drug-likeness (QED) is 0.423. The van der Waals surface area contributed by atoms with Gasteiger partial charge in [-0.1, -0.05) is 33.6 Å². The third kappa shape index (κ3) is 4.93. The van der Waals surface area contributed by atoms with E-state index >= 15 is 0 Å². The van der Waals surface area contributed by atoms with Gasteiger partial charge in [0.15, 0.2) is 0 Å². The molecule has 1 aromatic heterocycles. The van der Waals surface area contributed by atoms with Gasteiger partial charge in [0.1, 0.15) is 17.4 Å². The molecule has 4 nitrogen and oxygen atoms in total. The van der Waals surface area contributed by atoms with Crippen LogP contribution in [0, 0.1) is 0 Å². The molecular weight excluding hydrogens is 460 g/mol. The normalized spacial score (nSPS) is 13.4. The zero-order valence-corrected chi connectivity index (χ0v) is 18.1. The molecule has 4 rings (SSSR count). The van der Waals surface area contributed by atoms with Gasteiger partial charge < -0.3 is 9.64 Å². The summed E-state index contributed by atoms with van der Waals surface area (Å²) in [5, 5.41) is 3.57. The lowest BCUT2D eigenvalue weighted by Crippen LogP contribution is -2.32. The van der Waals surface area contributed by atoms with E-state index in [2.05, 4.69) is 20.9 Å². The van der Waals surface area contributed by atoms with E-state index < -0.39 is 0 Å². The minimum atomic E-state index is 0.0516. The van der Waals surface area contributed by atoms with Crippen LogP contribution in [-0.2, 0) is 13.2 Å². The van der Waals surface area contributed by atoms with Crippen molar-refractivity contribution in [2.45, 2.75) is 32.0 Å². The second-order valence-electron chi connectivity index (χ2n) is 6.65. The Morgan fingerprint density at radius 1 is 1.25 bits per heavy atom.